The van der Waals surface area contributed by atoms with Crippen molar-refractivity contribution >= 4 is 6.29 Å². The van der Waals surface area contributed by atoms with Crippen molar-refractivity contribution in [3.05, 3.63) is 71.3 Å². The van der Waals surface area contributed by atoms with Crippen LogP contribution < -0.4 is 5.32 Å². The Bertz CT molecular complexity index is 536. The molecule has 0 aliphatic carbocycles. The fourth-order valence-corrected chi connectivity index (χ4v) is 2.22. The lowest BCUT2D eigenvalue weighted by atomic mass is 10.1. The van der Waals surface area contributed by atoms with Gasteiger partial charge in [0.2, 0.25) is 0 Å². The molecule has 104 valence electrons. The first-order chi connectivity index (χ1) is 9.79. The third-order valence-corrected chi connectivity index (χ3v) is 3.53. The summed E-state index contributed by atoms with van der Waals surface area (Å²) in [7, 11) is 0. The Hall–Kier alpha value is -1.93. The second-order valence-electron chi connectivity index (χ2n) is 5.12. The van der Waals surface area contributed by atoms with Gasteiger partial charge in [-0.1, -0.05) is 54.6 Å². The quantitative estimate of drug-likeness (QED) is 0.776. The molecule has 2 aromatic carbocycles. The minimum atomic E-state index is 0.426. The van der Waals surface area contributed by atoms with E-state index >= 15 is 0 Å². The van der Waals surface area contributed by atoms with Crippen molar-refractivity contribution in [2.45, 2.75) is 32.4 Å². The highest BCUT2D eigenvalue weighted by molar-refractivity contribution is 5.77. The summed E-state index contributed by atoms with van der Waals surface area (Å²) in [4.78, 5) is 11.0. The van der Waals surface area contributed by atoms with Crippen LogP contribution in [0.1, 0.15) is 34.8 Å². The lowest BCUT2D eigenvalue weighted by Crippen LogP contribution is -2.26. The molecule has 20 heavy (non-hydrogen) atoms. The van der Waals surface area contributed by atoms with Crippen LogP contribution in [-0.2, 0) is 13.0 Å². The van der Waals surface area contributed by atoms with Gasteiger partial charge in [-0.05, 0) is 30.9 Å². The van der Waals surface area contributed by atoms with E-state index in [9.17, 15) is 4.79 Å². The number of benzene rings is 2. The molecular weight excluding hydrogens is 246 g/mol. The van der Waals surface area contributed by atoms with Gasteiger partial charge in [-0.2, -0.15) is 0 Å². The lowest BCUT2D eigenvalue weighted by Gasteiger charge is -2.14. The minimum Gasteiger partial charge on any atom is -0.310 e. The van der Waals surface area contributed by atoms with Gasteiger partial charge >= 0.3 is 0 Å². The molecule has 0 aliphatic rings. The van der Waals surface area contributed by atoms with Gasteiger partial charge in [0.1, 0.15) is 6.29 Å². The smallest absolute Gasteiger partial charge is 0.150 e. The van der Waals surface area contributed by atoms with Crippen LogP contribution in [0.15, 0.2) is 54.6 Å². The molecule has 2 heteroatoms. The molecule has 2 rings (SSSR count). The van der Waals surface area contributed by atoms with E-state index in [0.717, 1.165) is 36.8 Å². The zero-order valence-corrected chi connectivity index (χ0v) is 11.9. The predicted octanol–water partition coefficient (Wildman–Crippen LogP) is 3.61. The summed E-state index contributed by atoms with van der Waals surface area (Å²) in [6.07, 6.45) is 3.09. The Balaban J connectivity index is 1.80. The summed E-state index contributed by atoms with van der Waals surface area (Å²) in [6, 6.07) is 18.7. The van der Waals surface area contributed by atoms with E-state index in [-0.39, 0.29) is 0 Å². The van der Waals surface area contributed by atoms with Crippen LogP contribution >= 0.6 is 0 Å². The van der Waals surface area contributed by atoms with Gasteiger partial charge in [0, 0.05) is 18.2 Å². The minimum absolute atomic E-state index is 0.426. The van der Waals surface area contributed by atoms with Gasteiger partial charge in [-0.25, -0.2) is 0 Å². The molecule has 1 atom stereocenters. The largest absolute Gasteiger partial charge is 0.310 e. The van der Waals surface area contributed by atoms with E-state index in [2.05, 4.69) is 36.5 Å². The number of aryl methyl sites for hydroxylation is 1. The van der Waals surface area contributed by atoms with Crippen LogP contribution in [-0.4, -0.2) is 12.3 Å². The van der Waals surface area contributed by atoms with Crippen molar-refractivity contribution in [3.63, 3.8) is 0 Å². The van der Waals surface area contributed by atoms with E-state index in [1.807, 2.05) is 30.3 Å². The maximum Gasteiger partial charge on any atom is 0.150 e. The average molecular weight is 267 g/mol. The molecule has 0 heterocycles. The third-order valence-electron chi connectivity index (χ3n) is 3.53. The topological polar surface area (TPSA) is 29.1 Å². The van der Waals surface area contributed by atoms with Crippen LogP contribution in [0.4, 0.5) is 0 Å². The number of carbonyl (C=O) groups is 1. The lowest BCUT2D eigenvalue weighted by molar-refractivity contribution is 0.112. The first-order valence-corrected chi connectivity index (χ1v) is 7.10. The van der Waals surface area contributed by atoms with Crippen molar-refractivity contribution in [1.82, 2.24) is 5.32 Å². The van der Waals surface area contributed by atoms with Crippen molar-refractivity contribution in [2.75, 3.05) is 0 Å². The molecule has 0 spiro atoms. The molecule has 2 aromatic rings. The first-order valence-electron chi connectivity index (χ1n) is 7.10. The van der Waals surface area contributed by atoms with Gasteiger partial charge < -0.3 is 5.32 Å². The van der Waals surface area contributed by atoms with Crippen LogP contribution in [0.2, 0.25) is 0 Å². The molecule has 0 radical (unpaired) electrons. The molecule has 0 saturated heterocycles. The van der Waals surface area contributed by atoms with E-state index in [1.165, 1.54) is 5.56 Å². The highest BCUT2D eigenvalue weighted by Crippen LogP contribution is 2.08. The summed E-state index contributed by atoms with van der Waals surface area (Å²) in [5, 5.41) is 3.48. The van der Waals surface area contributed by atoms with E-state index in [0.29, 0.717) is 6.04 Å². The zero-order valence-electron chi connectivity index (χ0n) is 11.9. The van der Waals surface area contributed by atoms with Crippen LogP contribution in [0.25, 0.3) is 0 Å². The number of hydrogen-bond acceptors (Lipinski definition) is 2. The number of carbonyl (C=O) groups excluding carboxylic acids is 1. The molecule has 0 saturated carbocycles. The van der Waals surface area contributed by atoms with Gasteiger partial charge in [0.05, 0.1) is 0 Å². The fourth-order valence-electron chi connectivity index (χ4n) is 2.22. The summed E-state index contributed by atoms with van der Waals surface area (Å²) in [6.45, 7) is 2.93. The summed E-state index contributed by atoms with van der Waals surface area (Å²) < 4.78 is 0. The summed E-state index contributed by atoms with van der Waals surface area (Å²) in [5.74, 6) is 0. The Morgan fingerprint density at radius 3 is 2.50 bits per heavy atom. The van der Waals surface area contributed by atoms with Crippen molar-refractivity contribution in [2.24, 2.45) is 0 Å². The molecular formula is C18H21NO. The van der Waals surface area contributed by atoms with Crippen LogP contribution in [0.5, 0.6) is 0 Å². The monoisotopic (exact) mass is 267 g/mol. The predicted molar refractivity (Wildman–Crippen MR) is 82.9 cm³/mol. The molecule has 0 bridgehead atoms. The van der Waals surface area contributed by atoms with Gasteiger partial charge in [0.15, 0.2) is 0 Å². The number of rotatable bonds is 7. The van der Waals surface area contributed by atoms with Crippen molar-refractivity contribution in [1.29, 1.82) is 0 Å². The zero-order chi connectivity index (χ0) is 14.2. The van der Waals surface area contributed by atoms with Gasteiger partial charge in [-0.15, -0.1) is 0 Å². The Morgan fingerprint density at radius 1 is 1.05 bits per heavy atom. The maximum absolute atomic E-state index is 11.0. The highest BCUT2D eigenvalue weighted by atomic mass is 16.1. The second kappa shape index (κ2) is 7.61. The average Bonchev–Trinajstić information content (AvgIpc) is 2.52. The second-order valence-corrected chi connectivity index (χ2v) is 5.12. The molecule has 1 N–H and O–H groups in total. The molecule has 0 aliphatic heterocycles. The summed E-state index contributed by atoms with van der Waals surface area (Å²) >= 11 is 0. The SMILES string of the molecule is CC(CCc1ccccc1)NCc1ccccc1C=O. The molecule has 0 aromatic heterocycles. The Labute approximate surface area is 120 Å². The molecule has 2 nitrogen and oxygen atoms in total. The molecule has 1 unspecified atom stereocenters. The number of aldehydes is 1. The first kappa shape index (κ1) is 14.5. The van der Waals surface area contributed by atoms with Crippen molar-refractivity contribution < 1.29 is 4.79 Å². The maximum atomic E-state index is 11.0. The summed E-state index contributed by atoms with van der Waals surface area (Å²) in [5.41, 5.74) is 3.21. The number of hydrogen-bond donors (Lipinski definition) is 1. The standard InChI is InChI=1S/C18H21NO/c1-15(11-12-16-7-3-2-4-8-16)19-13-17-9-5-6-10-18(17)14-20/h2-10,14-15,19H,11-13H2,1H3. The number of nitrogens with one attached hydrogen (secondary N) is 1. The highest BCUT2D eigenvalue weighted by Gasteiger charge is 2.04. The van der Waals surface area contributed by atoms with Crippen LogP contribution in [0, 0.1) is 0 Å². The Kier molecular flexibility index (Phi) is 5.51. The fraction of sp³-hybridized carbons (Fsp3) is 0.278. The van der Waals surface area contributed by atoms with E-state index in [4.69, 9.17) is 0 Å². The van der Waals surface area contributed by atoms with Gasteiger partial charge in [0.25, 0.3) is 0 Å². The Morgan fingerprint density at radius 2 is 1.75 bits per heavy atom. The van der Waals surface area contributed by atoms with Crippen LogP contribution in [0.3, 0.4) is 0 Å². The third kappa shape index (κ3) is 4.32. The van der Waals surface area contributed by atoms with Gasteiger partial charge in [-0.3, -0.25) is 4.79 Å². The van der Waals surface area contributed by atoms with Crippen molar-refractivity contribution in [3.8, 4) is 0 Å². The van der Waals surface area contributed by atoms with E-state index < -0.39 is 0 Å². The normalized spacial score (nSPS) is 12.1. The molecule has 0 amide bonds. The van der Waals surface area contributed by atoms with E-state index in [1.54, 1.807) is 0 Å². The molecule has 0 fully saturated rings.